The Morgan fingerprint density at radius 1 is 1.21 bits per heavy atom. The molecule has 2 aromatic heterocycles. The fourth-order valence-electron chi connectivity index (χ4n) is 2.75. The summed E-state index contributed by atoms with van der Waals surface area (Å²) in [5.74, 6) is 1.50. The number of nitrogens with one attached hydrogen (secondary N) is 1. The van der Waals surface area contributed by atoms with Crippen molar-refractivity contribution in [1.82, 2.24) is 20.1 Å². The third kappa shape index (κ3) is 5.04. The van der Waals surface area contributed by atoms with Crippen molar-refractivity contribution in [3.8, 4) is 28.6 Å². The van der Waals surface area contributed by atoms with E-state index in [1.165, 1.54) is 0 Å². The Labute approximate surface area is 169 Å². The molecule has 8 heteroatoms. The summed E-state index contributed by atoms with van der Waals surface area (Å²) in [5, 5.41) is 15.6. The molecule has 0 radical (unpaired) electrons. The Kier molecular flexibility index (Phi) is 6.33. The third-order valence-corrected chi connectivity index (χ3v) is 4.29. The summed E-state index contributed by atoms with van der Waals surface area (Å²) in [5.41, 5.74) is 3.75. The first-order valence-electron chi connectivity index (χ1n) is 9.28. The predicted molar refractivity (Wildman–Crippen MR) is 109 cm³/mol. The average molecular weight is 396 g/mol. The molecule has 0 unspecified atom stereocenters. The number of nitrogens with zero attached hydrogens (tertiary/aromatic N) is 3. The van der Waals surface area contributed by atoms with Crippen molar-refractivity contribution in [2.45, 2.75) is 19.8 Å². The summed E-state index contributed by atoms with van der Waals surface area (Å²) < 4.78 is 12.6. The number of pyridine rings is 1. The average Bonchev–Trinajstić information content (AvgIpc) is 3.17. The number of methoxy groups -OCH3 is 1. The highest BCUT2D eigenvalue weighted by Crippen LogP contribution is 2.28. The van der Waals surface area contributed by atoms with Crippen LogP contribution in [0.5, 0.6) is 11.6 Å². The monoisotopic (exact) mass is 396 g/mol. The molecule has 3 aromatic rings. The zero-order chi connectivity index (χ0) is 20.8. The van der Waals surface area contributed by atoms with E-state index in [0.29, 0.717) is 11.6 Å². The van der Waals surface area contributed by atoms with Crippen LogP contribution >= 0.6 is 0 Å². The number of rotatable bonds is 8. The van der Waals surface area contributed by atoms with Gasteiger partial charge >= 0.3 is 6.09 Å². The van der Waals surface area contributed by atoms with Crippen molar-refractivity contribution in [2.75, 3.05) is 20.3 Å². The number of hydrogen-bond acceptors (Lipinski definition) is 5. The largest absolute Gasteiger partial charge is 0.492 e. The molecule has 3 rings (SSSR count). The van der Waals surface area contributed by atoms with Gasteiger partial charge in [0.1, 0.15) is 12.4 Å². The highest BCUT2D eigenvalue weighted by Gasteiger charge is 2.14. The van der Waals surface area contributed by atoms with Gasteiger partial charge < -0.3 is 19.9 Å². The van der Waals surface area contributed by atoms with Crippen LogP contribution in [0.2, 0.25) is 0 Å². The van der Waals surface area contributed by atoms with E-state index in [-0.39, 0.29) is 19.1 Å². The zero-order valence-corrected chi connectivity index (χ0v) is 16.6. The second kappa shape index (κ2) is 9.09. The smallest absolute Gasteiger partial charge is 0.404 e. The van der Waals surface area contributed by atoms with Crippen molar-refractivity contribution in [1.29, 1.82) is 0 Å². The van der Waals surface area contributed by atoms with E-state index < -0.39 is 6.09 Å². The molecule has 0 fully saturated rings. The zero-order valence-electron chi connectivity index (χ0n) is 16.6. The van der Waals surface area contributed by atoms with Crippen LogP contribution in [-0.2, 0) is 0 Å². The molecule has 0 bridgehead atoms. The molecule has 152 valence electrons. The summed E-state index contributed by atoms with van der Waals surface area (Å²) >= 11 is 0. The number of ether oxygens (including phenoxy) is 2. The van der Waals surface area contributed by atoms with Crippen molar-refractivity contribution in [3.63, 3.8) is 0 Å². The lowest BCUT2D eigenvalue weighted by atomic mass is 10.1. The number of carboxylic acid groups (broad SMARTS) is 1. The lowest BCUT2D eigenvalue weighted by Crippen LogP contribution is -2.26. The van der Waals surface area contributed by atoms with Crippen LogP contribution in [0.3, 0.4) is 0 Å². The molecular weight excluding hydrogens is 372 g/mol. The van der Waals surface area contributed by atoms with Crippen LogP contribution in [0, 0.1) is 0 Å². The van der Waals surface area contributed by atoms with E-state index in [9.17, 15) is 4.79 Å². The van der Waals surface area contributed by atoms with Crippen molar-refractivity contribution < 1.29 is 19.4 Å². The Balaban J connectivity index is 1.84. The Morgan fingerprint density at radius 3 is 2.55 bits per heavy atom. The molecule has 8 nitrogen and oxygen atoms in total. The second-order valence-corrected chi connectivity index (χ2v) is 6.68. The van der Waals surface area contributed by atoms with Gasteiger partial charge in [0.2, 0.25) is 5.88 Å². The Bertz CT molecular complexity index is 950. The second-order valence-electron chi connectivity index (χ2n) is 6.68. The van der Waals surface area contributed by atoms with Crippen LogP contribution in [0.15, 0.2) is 48.7 Å². The van der Waals surface area contributed by atoms with E-state index in [1.54, 1.807) is 19.4 Å². The number of amides is 1. The van der Waals surface area contributed by atoms with Gasteiger partial charge in [0.05, 0.1) is 36.9 Å². The maximum Gasteiger partial charge on any atom is 0.404 e. The van der Waals surface area contributed by atoms with Crippen LogP contribution in [-0.4, -0.2) is 46.2 Å². The molecule has 29 heavy (non-hydrogen) atoms. The summed E-state index contributed by atoms with van der Waals surface area (Å²) in [4.78, 5) is 14.7. The minimum Gasteiger partial charge on any atom is -0.492 e. The maximum atomic E-state index is 10.5. The molecule has 0 saturated carbocycles. The Morgan fingerprint density at radius 2 is 1.97 bits per heavy atom. The molecule has 0 aliphatic heterocycles. The lowest BCUT2D eigenvalue weighted by molar-refractivity contribution is 0.191. The summed E-state index contributed by atoms with van der Waals surface area (Å²) in [6, 6.07) is 13.4. The quantitative estimate of drug-likeness (QED) is 0.563. The van der Waals surface area contributed by atoms with Gasteiger partial charge in [-0.15, -0.1) is 0 Å². The van der Waals surface area contributed by atoms with Crippen LogP contribution in [0.25, 0.3) is 16.9 Å². The molecule has 1 amide bonds. The van der Waals surface area contributed by atoms with Gasteiger partial charge in [0.25, 0.3) is 0 Å². The Hall–Kier alpha value is -3.55. The predicted octanol–water partition coefficient (Wildman–Crippen LogP) is 3.71. The molecule has 0 aliphatic carbocycles. The van der Waals surface area contributed by atoms with Crippen molar-refractivity contribution in [3.05, 3.63) is 54.4 Å². The van der Waals surface area contributed by atoms with E-state index in [1.807, 2.05) is 35.0 Å². The van der Waals surface area contributed by atoms with Crippen LogP contribution < -0.4 is 14.8 Å². The highest BCUT2D eigenvalue weighted by atomic mass is 16.5. The van der Waals surface area contributed by atoms with Crippen molar-refractivity contribution >= 4 is 6.09 Å². The van der Waals surface area contributed by atoms with E-state index in [4.69, 9.17) is 19.7 Å². The maximum absolute atomic E-state index is 10.5. The van der Waals surface area contributed by atoms with Crippen molar-refractivity contribution in [2.24, 2.45) is 0 Å². The molecule has 0 atom stereocenters. The van der Waals surface area contributed by atoms with Gasteiger partial charge in [-0.3, -0.25) is 0 Å². The van der Waals surface area contributed by atoms with E-state index in [2.05, 4.69) is 30.2 Å². The van der Waals surface area contributed by atoms with Gasteiger partial charge in [0, 0.05) is 11.6 Å². The normalized spacial score (nSPS) is 10.8. The molecule has 0 saturated heterocycles. The first kappa shape index (κ1) is 20.2. The van der Waals surface area contributed by atoms with E-state index >= 15 is 0 Å². The molecule has 0 spiro atoms. The van der Waals surface area contributed by atoms with Gasteiger partial charge in [-0.1, -0.05) is 13.8 Å². The standard InChI is InChI=1S/C21H24N4O4/c1-14(2)18-12-19(25(24-18)16-6-9-20(28-3)23-13-16)15-4-7-17(8-5-15)29-11-10-22-21(26)27/h4-9,12-14,22H,10-11H2,1-3H3,(H,26,27). The number of benzene rings is 1. The SMILES string of the molecule is COc1ccc(-n2nc(C(C)C)cc2-c2ccc(OCCNC(=O)O)cc2)cn1. The van der Waals surface area contributed by atoms with Crippen LogP contribution in [0.4, 0.5) is 4.79 Å². The fourth-order valence-corrected chi connectivity index (χ4v) is 2.75. The summed E-state index contributed by atoms with van der Waals surface area (Å²) in [7, 11) is 1.58. The summed E-state index contributed by atoms with van der Waals surface area (Å²) in [6.07, 6.45) is 0.665. The molecule has 1 aromatic carbocycles. The van der Waals surface area contributed by atoms with Crippen LogP contribution in [0.1, 0.15) is 25.5 Å². The van der Waals surface area contributed by atoms with Gasteiger partial charge in [-0.2, -0.15) is 5.10 Å². The first-order valence-corrected chi connectivity index (χ1v) is 9.28. The molecule has 0 aliphatic rings. The van der Waals surface area contributed by atoms with Gasteiger partial charge in [-0.25, -0.2) is 14.5 Å². The summed E-state index contributed by atoms with van der Waals surface area (Å²) in [6.45, 7) is 4.69. The third-order valence-electron chi connectivity index (χ3n) is 4.29. The lowest BCUT2D eigenvalue weighted by Gasteiger charge is -2.10. The molecule has 2 heterocycles. The first-order chi connectivity index (χ1) is 14.0. The van der Waals surface area contributed by atoms with Gasteiger partial charge in [0.15, 0.2) is 0 Å². The molecular formula is C21H24N4O4. The number of aromatic nitrogens is 3. The highest BCUT2D eigenvalue weighted by molar-refractivity contribution is 5.64. The van der Waals surface area contributed by atoms with Gasteiger partial charge in [-0.05, 0) is 42.3 Å². The topological polar surface area (TPSA) is 98.5 Å². The minimum absolute atomic E-state index is 0.228. The fraction of sp³-hybridized carbons (Fsp3) is 0.286. The minimum atomic E-state index is -1.06. The number of carbonyl (C=O) groups is 1. The molecule has 2 N–H and O–H groups in total. The number of hydrogen-bond donors (Lipinski definition) is 2. The van der Waals surface area contributed by atoms with E-state index in [0.717, 1.165) is 22.6 Å².